The monoisotopic (exact) mass is 560 g/mol. The van der Waals surface area contributed by atoms with Crippen molar-refractivity contribution in [3.8, 4) is 11.6 Å². The third-order valence-electron chi connectivity index (χ3n) is 5.13. The lowest BCUT2D eigenvalue weighted by Gasteiger charge is -2.17. The second kappa shape index (κ2) is 9.70. The van der Waals surface area contributed by atoms with E-state index in [9.17, 15) is 35.0 Å². The lowest BCUT2D eigenvalue weighted by molar-refractivity contribution is -0.142. The zero-order chi connectivity index (χ0) is 27.9. The van der Waals surface area contributed by atoms with E-state index in [1.807, 2.05) is 0 Å². The predicted octanol–water partition coefficient (Wildman–Crippen LogP) is 4.73. The molecule has 1 amide bonds. The van der Waals surface area contributed by atoms with E-state index in [0.717, 1.165) is 31.6 Å². The van der Waals surface area contributed by atoms with Crippen LogP contribution in [0, 0.1) is 24.4 Å². The summed E-state index contributed by atoms with van der Waals surface area (Å²) < 4.78 is 104. The average Bonchev–Trinajstić information content (AvgIpc) is 2.74. The summed E-state index contributed by atoms with van der Waals surface area (Å²) in [5.41, 5.74) is -3.05. The Balaban J connectivity index is 2.12. The van der Waals surface area contributed by atoms with Crippen molar-refractivity contribution in [2.45, 2.75) is 29.8 Å². The molecule has 3 rings (SSSR count). The fraction of sp³-hybridized carbons (Fsp3) is 0.227. The Morgan fingerprint density at radius 2 is 1.68 bits per heavy atom. The van der Waals surface area contributed by atoms with Crippen LogP contribution in [-0.4, -0.2) is 41.2 Å². The van der Waals surface area contributed by atoms with Crippen molar-refractivity contribution in [2.75, 3.05) is 17.8 Å². The summed E-state index contributed by atoms with van der Waals surface area (Å²) in [6, 6.07) is 7.36. The van der Waals surface area contributed by atoms with Crippen LogP contribution in [0.1, 0.15) is 27.2 Å². The number of anilines is 1. The van der Waals surface area contributed by atoms with Gasteiger partial charge in [0.2, 0.25) is 0 Å². The molecule has 9 nitrogen and oxygen atoms in total. The number of ether oxygens (including phenoxy) is 1. The highest BCUT2D eigenvalue weighted by Gasteiger charge is 2.38. The summed E-state index contributed by atoms with van der Waals surface area (Å²) >= 11 is 0. The number of alkyl halides is 3. The third kappa shape index (κ3) is 6.05. The molecule has 1 unspecified atom stereocenters. The third-order valence-corrected chi connectivity index (χ3v) is 7.40. The SMILES string of the molecule is Cc1c(Oc2nnc(C(F)(F)F)c(C)c2C(=O)Nc2cccc(S(C)(=N)=O)c2)ccc(S(C)(=O)=O)c1F. The van der Waals surface area contributed by atoms with Gasteiger partial charge in [-0.15, -0.1) is 10.2 Å². The maximum atomic E-state index is 14.7. The van der Waals surface area contributed by atoms with Crippen molar-refractivity contribution >= 4 is 31.2 Å². The van der Waals surface area contributed by atoms with Gasteiger partial charge in [0.1, 0.15) is 22.0 Å². The Hall–Kier alpha value is -3.59. The van der Waals surface area contributed by atoms with E-state index in [1.54, 1.807) is 0 Å². The molecule has 37 heavy (non-hydrogen) atoms. The van der Waals surface area contributed by atoms with E-state index in [4.69, 9.17) is 9.52 Å². The van der Waals surface area contributed by atoms with Crippen molar-refractivity contribution in [3.63, 3.8) is 0 Å². The van der Waals surface area contributed by atoms with Crippen LogP contribution in [0.3, 0.4) is 0 Å². The number of carbonyl (C=O) groups excluding carboxylic acids is 1. The van der Waals surface area contributed by atoms with Gasteiger partial charge in [0.25, 0.3) is 11.8 Å². The molecule has 0 aliphatic rings. The lowest BCUT2D eigenvalue weighted by atomic mass is 10.1. The van der Waals surface area contributed by atoms with E-state index in [0.29, 0.717) is 0 Å². The topological polar surface area (TPSA) is 139 Å². The number of benzene rings is 2. The Kier molecular flexibility index (Phi) is 7.34. The first-order valence-electron chi connectivity index (χ1n) is 10.2. The highest BCUT2D eigenvalue weighted by Crippen LogP contribution is 2.36. The van der Waals surface area contributed by atoms with Crippen LogP contribution in [0.4, 0.5) is 23.2 Å². The average molecular weight is 561 g/mol. The molecule has 3 aromatic rings. The van der Waals surface area contributed by atoms with Crippen LogP contribution in [-0.2, 0) is 25.7 Å². The number of nitrogens with zero attached hydrogens (tertiary/aromatic N) is 2. The number of sulfone groups is 1. The number of nitrogens with one attached hydrogen (secondary N) is 2. The fourth-order valence-corrected chi connectivity index (χ4v) is 4.74. The first-order valence-corrected chi connectivity index (χ1v) is 14.0. The van der Waals surface area contributed by atoms with Crippen LogP contribution >= 0.6 is 0 Å². The summed E-state index contributed by atoms with van der Waals surface area (Å²) in [7, 11) is -7.08. The van der Waals surface area contributed by atoms with Crippen molar-refractivity contribution in [1.82, 2.24) is 10.2 Å². The van der Waals surface area contributed by atoms with Gasteiger partial charge in [-0.25, -0.2) is 21.8 Å². The van der Waals surface area contributed by atoms with Crippen molar-refractivity contribution < 1.29 is 39.7 Å². The molecule has 15 heteroatoms. The number of aromatic nitrogens is 2. The first-order chi connectivity index (χ1) is 16.9. The summed E-state index contributed by atoms with van der Waals surface area (Å²) in [6.07, 6.45) is -3.02. The minimum atomic E-state index is -4.97. The van der Waals surface area contributed by atoms with Crippen LogP contribution in [0.25, 0.3) is 0 Å². The van der Waals surface area contributed by atoms with Crippen molar-refractivity contribution in [3.05, 3.63) is 64.6 Å². The van der Waals surface area contributed by atoms with Crippen molar-refractivity contribution in [1.29, 1.82) is 4.78 Å². The van der Waals surface area contributed by atoms with Gasteiger partial charge >= 0.3 is 6.18 Å². The molecular weight excluding hydrogens is 540 g/mol. The van der Waals surface area contributed by atoms with Gasteiger partial charge in [0, 0.05) is 28.7 Å². The van der Waals surface area contributed by atoms with E-state index in [1.165, 1.54) is 31.2 Å². The molecular formula is C22H20F4N4O5S2. The highest BCUT2D eigenvalue weighted by molar-refractivity contribution is 7.91. The maximum absolute atomic E-state index is 14.7. The molecule has 0 aliphatic heterocycles. The van der Waals surface area contributed by atoms with Crippen LogP contribution in [0.15, 0.2) is 46.2 Å². The van der Waals surface area contributed by atoms with E-state index >= 15 is 0 Å². The number of amides is 1. The van der Waals surface area contributed by atoms with Gasteiger partial charge in [0.05, 0.1) is 9.73 Å². The molecule has 1 heterocycles. The molecule has 0 saturated heterocycles. The molecule has 0 bridgehead atoms. The second-order valence-corrected chi connectivity index (χ2v) is 12.2. The second-order valence-electron chi connectivity index (χ2n) is 8.05. The smallest absolute Gasteiger partial charge is 0.435 e. The summed E-state index contributed by atoms with van der Waals surface area (Å²) in [5, 5.41) is 8.87. The van der Waals surface area contributed by atoms with Gasteiger partial charge < -0.3 is 10.1 Å². The molecule has 1 aromatic heterocycles. The number of hydrogen-bond acceptors (Lipinski definition) is 8. The summed E-state index contributed by atoms with van der Waals surface area (Å²) in [6.45, 7) is 2.15. The minimum Gasteiger partial charge on any atom is -0.437 e. The molecule has 2 N–H and O–H groups in total. The molecule has 2 aromatic carbocycles. The Morgan fingerprint density at radius 3 is 2.24 bits per heavy atom. The lowest BCUT2D eigenvalue weighted by Crippen LogP contribution is -2.21. The number of rotatable bonds is 6. The molecule has 0 aliphatic carbocycles. The van der Waals surface area contributed by atoms with Crippen LogP contribution in [0.5, 0.6) is 11.6 Å². The van der Waals surface area contributed by atoms with Crippen LogP contribution < -0.4 is 10.1 Å². The van der Waals surface area contributed by atoms with Gasteiger partial charge in [-0.3, -0.25) is 4.79 Å². The molecule has 1 atom stereocenters. The molecule has 198 valence electrons. The van der Waals surface area contributed by atoms with E-state index < -0.39 is 65.1 Å². The zero-order valence-electron chi connectivity index (χ0n) is 19.7. The van der Waals surface area contributed by atoms with Gasteiger partial charge in [0.15, 0.2) is 15.5 Å². The molecule has 0 spiro atoms. The largest absolute Gasteiger partial charge is 0.437 e. The zero-order valence-corrected chi connectivity index (χ0v) is 21.4. The molecule has 0 radical (unpaired) electrons. The summed E-state index contributed by atoms with van der Waals surface area (Å²) in [5.74, 6) is -3.26. The molecule has 0 saturated carbocycles. The number of hydrogen-bond donors (Lipinski definition) is 2. The normalized spacial score (nSPS) is 13.6. The fourth-order valence-electron chi connectivity index (χ4n) is 3.26. The van der Waals surface area contributed by atoms with E-state index in [-0.39, 0.29) is 21.9 Å². The molecule has 0 fully saturated rings. The van der Waals surface area contributed by atoms with Gasteiger partial charge in [-0.1, -0.05) is 6.07 Å². The standard InChI is InChI=1S/C22H20F4N4O5S2/c1-11-15(8-9-16(18(11)23)37(4,33)34)35-21-17(12(2)19(29-30-21)22(24,25)26)20(31)28-13-6-5-7-14(10-13)36(3,27)32/h5-10,27H,1-4H3,(H,28,31). The Bertz CT molecular complexity index is 1620. The number of halogens is 4. The Morgan fingerprint density at radius 1 is 1.03 bits per heavy atom. The van der Waals surface area contributed by atoms with E-state index in [2.05, 4.69) is 15.5 Å². The summed E-state index contributed by atoms with van der Waals surface area (Å²) in [4.78, 5) is 12.6. The minimum absolute atomic E-state index is 0.0276. The van der Waals surface area contributed by atoms with Gasteiger partial charge in [-0.05, 0) is 49.7 Å². The van der Waals surface area contributed by atoms with Crippen LogP contribution in [0.2, 0.25) is 0 Å². The maximum Gasteiger partial charge on any atom is 0.435 e. The highest BCUT2D eigenvalue weighted by atomic mass is 32.2. The quantitative estimate of drug-likeness (QED) is 0.415. The van der Waals surface area contributed by atoms with Crippen molar-refractivity contribution in [2.24, 2.45) is 0 Å². The number of carbonyl (C=O) groups is 1. The van der Waals surface area contributed by atoms with Gasteiger partial charge in [-0.2, -0.15) is 13.2 Å². The Labute approximate surface area is 209 Å². The first kappa shape index (κ1) is 28.0. The predicted molar refractivity (Wildman–Crippen MR) is 126 cm³/mol.